The molecule has 0 spiro atoms. The molecule has 5 nitrogen and oxygen atoms in total. The molecule has 2 aliphatic heterocycles. The molecule has 0 aliphatic carbocycles. The zero-order valence-corrected chi connectivity index (χ0v) is 14.7. The molecule has 4 rings (SSSR count). The Balaban J connectivity index is 1.21. The second-order valence-electron chi connectivity index (χ2n) is 6.72. The zero-order chi connectivity index (χ0) is 17.8. The molecule has 2 aromatic rings. The van der Waals surface area contributed by atoms with Crippen LogP contribution >= 0.6 is 0 Å². The predicted molar refractivity (Wildman–Crippen MR) is 102 cm³/mol. The van der Waals surface area contributed by atoms with Crippen LogP contribution in [0.25, 0.3) is 0 Å². The SMILES string of the molecule is O=C(NCCCN1CCc2ccccc21)C1=NO[C@@H](c2ccccc2)C1. The number of nitrogens with zero attached hydrogens (tertiary/aromatic N) is 2. The van der Waals surface area contributed by atoms with E-state index in [0.29, 0.717) is 18.7 Å². The summed E-state index contributed by atoms with van der Waals surface area (Å²) < 4.78 is 0. The molecule has 0 saturated heterocycles. The molecule has 1 amide bonds. The molecular formula is C21H23N3O2. The summed E-state index contributed by atoms with van der Waals surface area (Å²) in [6.07, 6.45) is 2.39. The second kappa shape index (κ2) is 7.60. The van der Waals surface area contributed by atoms with Gasteiger partial charge in [0.2, 0.25) is 0 Å². The van der Waals surface area contributed by atoms with Gasteiger partial charge in [-0.2, -0.15) is 0 Å². The van der Waals surface area contributed by atoms with Crippen molar-refractivity contribution in [2.45, 2.75) is 25.4 Å². The first-order valence-corrected chi connectivity index (χ1v) is 9.20. The van der Waals surface area contributed by atoms with Crippen LogP contribution in [0.4, 0.5) is 5.69 Å². The van der Waals surface area contributed by atoms with Crippen LogP contribution in [-0.4, -0.2) is 31.3 Å². The van der Waals surface area contributed by atoms with E-state index in [1.165, 1.54) is 11.3 Å². The van der Waals surface area contributed by atoms with E-state index in [2.05, 4.69) is 39.6 Å². The first-order valence-electron chi connectivity index (χ1n) is 9.20. The molecule has 1 N–H and O–H groups in total. The quantitative estimate of drug-likeness (QED) is 0.816. The van der Waals surface area contributed by atoms with Crippen molar-refractivity contribution in [1.82, 2.24) is 5.32 Å². The lowest BCUT2D eigenvalue weighted by Gasteiger charge is -2.19. The van der Waals surface area contributed by atoms with E-state index in [0.717, 1.165) is 31.5 Å². The van der Waals surface area contributed by atoms with E-state index >= 15 is 0 Å². The number of para-hydroxylation sites is 1. The van der Waals surface area contributed by atoms with E-state index in [-0.39, 0.29) is 12.0 Å². The largest absolute Gasteiger partial charge is 0.387 e. The molecule has 2 heterocycles. The van der Waals surface area contributed by atoms with Crippen molar-refractivity contribution in [2.24, 2.45) is 5.16 Å². The molecular weight excluding hydrogens is 326 g/mol. The van der Waals surface area contributed by atoms with Crippen molar-refractivity contribution in [3.63, 3.8) is 0 Å². The number of amides is 1. The molecule has 0 bridgehead atoms. The van der Waals surface area contributed by atoms with Crippen molar-refractivity contribution in [3.8, 4) is 0 Å². The van der Waals surface area contributed by atoms with Crippen LogP contribution in [0.3, 0.4) is 0 Å². The van der Waals surface area contributed by atoms with Gasteiger partial charge in [0.05, 0.1) is 0 Å². The van der Waals surface area contributed by atoms with Crippen molar-refractivity contribution in [3.05, 3.63) is 65.7 Å². The van der Waals surface area contributed by atoms with Crippen molar-refractivity contribution < 1.29 is 9.63 Å². The Kier molecular flexibility index (Phi) is 4.86. The Morgan fingerprint density at radius 1 is 1.15 bits per heavy atom. The summed E-state index contributed by atoms with van der Waals surface area (Å²) in [5.74, 6) is -0.120. The fourth-order valence-electron chi connectivity index (χ4n) is 3.57. The molecule has 0 aromatic heterocycles. The molecule has 2 aliphatic rings. The van der Waals surface area contributed by atoms with E-state index < -0.39 is 0 Å². The highest BCUT2D eigenvalue weighted by Crippen LogP contribution is 2.28. The number of oxime groups is 1. The number of hydrogen-bond donors (Lipinski definition) is 1. The monoisotopic (exact) mass is 349 g/mol. The Hall–Kier alpha value is -2.82. The van der Waals surface area contributed by atoms with Gasteiger partial charge in [-0.3, -0.25) is 4.79 Å². The number of anilines is 1. The molecule has 0 fully saturated rings. The number of rotatable bonds is 6. The van der Waals surface area contributed by atoms with Crippen LogP contribution in [0, 0.1) is 0 Å². The third-order valence-corrected chi connectivity index (χ3v) is 4.98. The summed E-state index contributed by atoms with van der Waals surface area (Å²) >= 11 is 0. The molecule has 0 radical (unpaired) electrons. The van der Waals surface area contributed by atoms with Crippen LogP contribution in [0.5, 0.6) is 0 Å². The summed E-state index contributed by atoms with van der Waals surface area (Å²) in [6.45, 7) is 2.66. The lowest BCUT2D eigenvalue weighted by atomic mass is 10.0. The maximum atomic E-state index is 12.3. The van der Waals surface area contributed by atoms with Gasteiger partial charge in [0.1, 0.15) is 5.71 Å². The maximum Gasteiger partial charge on any atom is 0.269 e. The lowest BCUT2D eigenvalue weighted by Crippen LogP contribution is -2.33. The van der Waals surface area contributed by atoms with E-state index in [9.17, 15) is 4.79 Å². The standard InChI is InChI=1S/C21H23N3O2/c25-21(18-15-20(26-23-18)17-8-2-1-3-9-17)22-12-6-13-24-14-11-16-7-4-5-10-19(16)24/h1-5,7-10,20H,6,11-15H2,(H,22,25)/t20-/m1/s1. The number of benzene rings is 2. The first-order chi connectivity index (χ1) is 12.8. The summed E-state index contributed by atoms with van der Waals surface area (Å²) in [5, 5.41) is 6.94. The highest BCUT2D eigenvalue weighted by Gasteiger charge is 2.27. The lowest BCUT2D eigenvalue weighted by molar-refractivity contribution is -0.114. The highest BCUT2D eigenvalue weighted by atomic mass is 16.6. The van der Waals surface area contributed by atoms with Crippen LogP contribution in [0.1, 0.15) is 30.1 Å². The Bertz CT molecular complexity index is 804. The minimum Gasteiger partial charge on any atom is -0.387 e. The van der Waals surface area contributed by atoms with Gasteiger partial charge in [0.25, 0.3) is 5.91 Å². The summed E-state index contributed by atoms with van der Waals surface area (Å²) in [7, 11) is 0. The Morgan fingerprint density at radius 2 is 1.96 bits per heavy atom. The average molecular weight is 349 g/mol. The third kappa shape index (κ3) is 3.57. The van der Waals surface area contributed by atoms with Gasteiger partial charge in [-0.15, -0.1) is 0 Å². The van der Waals surface area contributed by atoms with Gasteiger partial charge in [0, 0.05) is 31.7 Å². The third-order valence-electron chi connectivity index (χ3n) is 4.98. The van der Waals surface area contributed by atoms with E-state index in [4.69, 9.17) is 4.84 Å². The minimum atomic E-state index is -0.155. The summed E-state index contributed by atoms with van der Waals surface area (Å²) in [6, 6.07) is 18.4. The van der Waals surface area contributed by atoms with Gasteiger partial charge in [-0.1, -0.05) is 53.7 Å². The molecule has 134 valence electrons. The van der Waals surface area contributed by atoms with Crippen molar-refractivity contribution in [1.29, 1.82) is 0 Å². The second-order valence-corrected chi connectivity index (χ2v) is 6.72. The topological polar surface area (TPSA) is 53.9 Å². The van der Waals surface area contributed by atoms with E-state index in [1.807, 2.05) is 30.3 Å². The minimum absolute atomic E-state index is 0.120. The highest BCUT2D eigenvalue weighted by molar-refractivity contribution is 6.39. The zero-order valence-electron chi connectivity index (χ0n) is 14.7. The molecule has 5 heteroatoms. The number of nitrogens with one attached hydrogen (secondary N) is 1. The molecule has 26 heavy (non-hydrogen) atoms. The van der Waals surface area contributed by atoms with Gasteiger partial charge in [0.15, 0.2) is 6.10 Å². The smallest absolute Gasteiger partial charge is 0.269 e. The van der Waals surface area contributed by atoms with Crippen LogP contribution in [0.15, 0.2) is 59.8 Å². The maximum absolute atomic E-state index is 12.3. The van der Waals surface area contributed by atoms with Crippen LogP contribution in [0.2, 0.25) is 0 Å². The Labute approximate surface area is 153 Å². The van der Waals surface area contributed by atoms with Crippen LogP contribution in [-0.2, 0) is 16.1 Å². The summed E-state index contributed by atoms with van der Waals surface area (Å²) in [4.78, 5) is 20.1. The molecule has 0 saturated carbocycles. The van der Waals surface area contributed by atoms with Gasteiger partial charge < -0.3 is 15.1 Å². The van der Waals surface area contributed by atoms with Gasteiger partial charge in [-0.25, -0.2) is 0 Å². The molecule has 2 aromatic carbocycles. The number of fused-ring (bicyclic) bond motifs is 1. The normalized spacial score (nSPS) is 18.2. The number of carbonyl (C=O) groups is 1. The van der Waals surface area contributed by atoms with E-state index in [1.54, 1.807) is 0 Å². The van der Waals surface area contributed by atoms with Crippen molar-refractivity contribution >= 4 is 17.3 Å². The fraction of sp³-hybridized carbons (Fsp3) is 0.333. The average Bonchev–Trinajstić information content (AvgIpc) is 3.33. The van der Waals surface area contributed by atoms with Gasteiger partial charge >= 0.3 is 0 Å². The fourth-order valence-corrected chi connectivity index (χ4v) is 3.57. The summed E-state index contributed by atoms with van der Waals surface area (Å²) in [5.41, 5.74) is 4.27. The Morgan fingerprint density at radius 3 is 2.85 bits per heavy atom. The number of carbonyl (C=O) groups excluding carboxylic acids is 1. The predicted octanol–water partition coefficient (Wildman–Crippen LogP) is 3.07. The first kappa shape index (κ1) is 16.6. The van der Waals surface area contributed by atoms with Crippen LogP contribution < -0.4 is 10.2 Å². The number of hydrogen-bond acceptors (Lipinski definition) is 4. The molecule has 0 unspecified atom stereocenters. The molecule has 1 atom stereocenters. The van der Waals surface area contributed by atoms with Crippen molar-refractivity contribution in [2.75, 3.05) is 24.5 Å². The van der Waals surface area contributed by atoms with Gasteiger partial charge in [-0.05, 0) is 30.0 Å².